The quantitative estimate of drug-likeness (QED) is 0.626. The highest BCUT2D eigenvalue weighted by molar-refractivity contribution is 7.91. The van der Waals surface area contributed by atoms with Gasteiger partial charge in [0.1, 0.15) is 31.1 Å². The summed E-state index contributed by atoms with van der Waals surface area (Å²) in [6, 6.07) is -0.142. The smallest absolute Gasteiger partial charge is 0.287 e. The van der Waals surface area contributed by atoms with E-state index in [2.05, 4.69) is 15.0 Å². The summed E-state index contributed by atoms with van der Waals surface area (Å²) < 4.78 is 52.1. The molecular weight excluding hydrogens is 426 g/mol. The Kier molecular flexibility index (Phi) is 4.55. The van der Waals surface area contributed by atoms with Gasteiger partial charge in [-0.1, -0.05) is 6.42 Å². The number of aliphatic hydroxyl groups is 1. The molecule has 0 radical (unpaired) electrons. The molecule has 1 saturated carbocycles. The maximum absolute atomic E-state index is 12.8. The minimum absolute atomic E-state index is 0.0502. The number of hydrogen-bond acceptors (Lipinski definition) is 8. The molecule has 1 aromatic rings. The van der Waals surface area contributed by atoms with Crippen molar-refractivity contribution in [3.05, 3.63) is 22.3 Å². The highest BCUT2D eigenvalue weighted by atomic mass is 32.2. The van der Waals surface area contributed by atoms with Crippen molar-refractivity contribution in [2.24, 2.45) is 10.3 Å². The number of amides is 1. The van der Waals surface area contributed by atoms with Gasteiger partial charge >= 0.3 is 0 Å². The van der Waals surface area contributed by atoms with Crippen LogP contribution in [-0.4, -0.2) is 51.7 Å². The molecule has 3 N–H and O–H groups in total. The standard InChI is InChI=1S/C16H19N3O6S3/c1-27(22,23)6-5-8-7-26-16-13(8)28(24,25)19-14(18-16)11-12(20)9-3-2-4-10(9)17-15(11)21/h7,9-10,20H,2-6H2,1H3,(H,17,21)(H,18,19). The number of aliphatic hydroxyl groups excluding tert-OH is 1. The second kappa shape index (κ2) is 6.56. The predicted octanol–water partition coefficient (Wildman–Crippen LogP) is 0.958. The zero-order valence-electron chi connectivity index (χ0n) is 14.9. The predicted molar refractivity (Wildman–Crippen MR) is 105 cm³/mol. The lowest BCUT2D eigenvalue weighted by atomic mass is 9.92. The number of carbonyl (C=O) groups is 1. The van der Waals surface area contributed by atoms with Crippen molar-refractivity contribution in [3.8, 4) is 0 Å². The van der Waals surface area contributed by atoms with Crippen molar-refractivity contribution < 1.29 is 26.7 Å². The fourth-order valence-corrected chi connectivity index (χ4v) is 7.12. The number of nitrogens with zero attached hydrogens (tertiary/aromatic N) is 1. The fraction of sp³-hybridized carbons (Fsp3) is 0.500. The number of carbonyl (C=O) groups excluding carboxylic acids is 1. The van der Waals surface area contributed by atoms with Gasteiger partial charge in [-0.15, -0.1) is 15.7 Å². The van der Waals surface area contributed by atoms with Crippen molar-refractivity contribution in [2.45, 2.75) is 36.6 Å². The monoisotopic (exact) mass is 445 g/mol. The van der Waals surface area contributed by atoms with Gasteiger partial charge in [0.15, 0.2) is 5.84 Å². The Hall–Kier alpha value is -1.92. The Labute approximate surface area is 166 Å². The van der Waals surface area contributed by atoms with Crippen LogP contribution in [0.15, 0.2) is 26.0 Å². The van der Waals surface area contributed by atoms with Gasteiger partial charge in [0.2, 0.25) is 0 Å². The topological polar surface area (TPSA) is 142 Å². The second-order valence-electron chi connectivity index (χ2n) is 7.22. The Morgan fingerprint density at radius 2 is 2.11 bits per heavy atom. The number of anilines is 1. The lowest BCUT2D eigenvalue weighted by molar-refractivity contribution is -0.118. The molecule has 152 valence electrons. The van der Waals surface area contributed by atoms with E-state index in [4.69, 9.17) is 0 Å². The third-order valence-electron chi connectivity index (χ3n) is 5.16. The summed E-state index contributed by atoms with van der Waals surface area (Å²) in [7, 11) is -7.40. The molecule has 1 fully saturated rings. The van der Waals surface area contributed by atoms with Crippen LogP contribution in [0.5, 0.6) is 0 Å². The van der Waals surface area contributed by atoms with Crippen LogP contribution >= 0.6 is 11.3 Å². The van der Waals surface area contributed by atoms with E-state index in [1.807, 2.05) is 0 Å². The maximum Gasteiger partial charge on any atom is 0.287 e. The van der Waals surface area contributed by atoms with Crippen molar-refractivity contribution in [1.82, 2.24) is 5.32 Å². The van der Waals surface area contributed by atoms with Gasteiger partial charge < -0.3 is 15.7 Å². The average molecular weight is 446 g/mol. The number of thiophene rings is 1. The van der Waals surface area contributed by atoms with Gasteiger partial charge in [0, 0.05) is 18.2 Å². The van der Waals surface area contributed by atoms with Crippen molar-refractivity contribution in [3.63, 3.8) is 0 Å². The first-order valence-electron chi connectivity index (χ1n) is 8.71. The molecule has 1 aromatic heterocycles. The highest BCUT2D eigenvalue weighted by Crippen LogP contribution is 2.40. The van der Waals surface area contributed by atoms with Crippen molar-refractivity contribution in [2.75, 3.05) is 17.3 Å². The zero-order valence-corrected chi connectivity index (χ0v) is 17.4. The lowest BCUT2D eigenvalue weighted by Crippen LogP contribution is -2.47. The number of sulfone groups is 1. The van der Waals surface area contributed by atoms with Crippen LogP contribution in [0.2, 0.25) is 0 Å². The molecular formula is C16H19N3O6S3. The van der Waals surface area contributed by atoms with Crippen LogP contribution in [0.25, 0.3) is 0 Å². The number of sulfonamides is 1. The van der Waals surface area contributed by atoms with E-state index < -0.39 is 25.8 Å². The molecule has 0 aromatic carbocycles. The normalized spacial score (nSPS) is 26.2. The number of nitrogens with one attached hydrogen (secondary N) is 2. The number of aryl methyl sites for hydroxylation is 1. The van der Waals surface area contributed by atoms with E-state index in [1.54, 1.807) is 5.38 Å². The minimum atomic E-state index is -4.15. The first kappa shape index (κ1) is 19.4. The van der Waals surface area contributed by atoms with Crippen LogP contribution in [0, 0.1) is 5.92 Å². The van der Waals surface area contributed by atoms with E-state index in [0.717, 1.165) is 30.4 Å². The third-order valence-corrected chi connectivity index (χ3v) is 8.59. The minimum Gasteiger partial charge on any atom is -0.511 e. The van der Waals surface area contributed by atoms with E-state index in [9.17, 15) is 26.7 Å². The average Bonchev–Trinajstić information content (AvgIpc) is 3.18. The Bertz CT molecular complexity index is 1130. The molecule has 3 heterocycles. The van der Waals surface area contributed by atoms with Crippen LogP contribution in [-0.2, 0) is 31.1 Å². The van der Waals surface area contributed by atoms with Crippen molar-refractivity contribution >= 4 is 47.9 Å². The largest absolute Gasteiger partial charge is 0.511 e. The van der Waals surface area contributed by atoms with E-state index in [1.165, 1.54) is 0 Å². The van der Waals surface area contributed by atoms with Gasteiger partial charge in [-0.3, -0.25) is 4.79 Å². The van der Waals surface area contributed by atoms with E-state index >= 15 is 0 Å². The molecule has 2 aliphatic heterocycles. The van der Waals surface area contributed by atoms with Gasteiger partial charge in [0.25, 0.3) is 15.9 Å². The number of rotatable bonds is 4. The van der Waals surface area contributed by atoms with Crippen LogP contribution in [0.3, 0.4) is 0 Å². The highest BCUT2D eigenvalue weighted by Gasteiger charge is 2.42. The molecule has 0 spiro atoms. The summed E-state index contributed by atoms with van der Waals surface area (Å²) in [5.41, 5.74) is 0.214. The molecule has 28 heavy (non-hydrogen) atoms. The maximum atomic E-state index is 12.8. The second-order valence-corrected chi connectivity index (χ2v) is 11.9. The number of amidine groups is 1. The molecule has 3 aliphatic rings. The first-order chi connectivity index (χ1) is 13.1. The molecule has 1 aliphatic carbocycles. The third kappa shape index (κ3) is 3.33. The summed E-state index contributed by atoms with van der Waals surface area (Å²) in [6.45, 7) is 0. The Morgan fingerprint density at radius 3 is 2.82 bits per heavy atom. The van der Waals surface area contributed by atoms with Gasteiger partial charge in [0.05, 0.1) is 5.75 Å². The molecule has 12 heteroatoms. The van der Waals surface area contributed by atoms with Crippen LogP contribution in [0.1, 0.15) is 24.8 Å². The lowest BCUT2D eigenvalue weighted by Gasteiger charge is -2.29. The number of hydrogen-bond donors (Lipinski definition) is 3. The summed E-state index contributed by atoms with van der Waals surface area (Å²) in [5, 5.41) is 18.1. The number of fused-ring (bicyclic) bond motifs is 2. The van der Waals surface area contributed by atoms with Crippen LogP contribution in [0.4, 0.5) is 5.00 Å². The van der Waals surface area contributed by atoms with E-state index in [0.29, 0.717) is 12.0 Å². The molecule has 2 unspecified atom stereocenters. The first-order valence-corrected chi connectivity index (χ1v) is 13.1. The molecule has 4 rings (SSSR count). The van der Waals surface area contributed by atoms with Crippen molar-refractivity contribution in [1.29, 1.82) is 0 Å². The zero-order chi connectivity index (χ0) is 20.3. The SMILES string of the molecule is CS(=O)(=O)CCc1csc2c1S(=O)(=O)N=C(C1=C(O)C3CCCC3NC1=O)N2. The van der Waals surface area contributed by atoms with Crippen LogP contribution < -0.4 is 10.6 Å². The molecule has 0 bridgehead atoms. The van der Waals surface area contributed by atoms with Gasteiger partial charge in [-0.25, -0.2) is 8.42 Å². The fourth-order valence-electron chi connectivity index (χ4n) is 3.86. The molecule has 0 saturated heterocycles. The molecule has 2 atom stereocenters. The summed E-state index contributed by atoms with van der Waals surface area (Å²) in [5.74, 6) is -1.32. The molecule has 1 amide bonds. The summed E-state index contributed by atoms with van der Waals surface area (Å²) in [6.07, 6.45) is 3.48. The molecule has 9 nitrogen and oxygen atoms in total. The Morgan fingerprint density at radius 1 is 1.36 bits per heavy atom. The van der Waals surface area contributed by atoms with E-state index in [-0.39, 0.29) is 51.2 Å². The summed E-state index contributed by atoms with van der Waals surface area (Å²) in [4.78, 5) is 12.4. The van der Waals surface area contributed by atoms with Gasteiger partial charge in [-0.2, -0.15) is 8.42 Å². The Balaban J connectivity index is 1.72. The van der Waals surface area contributed by atoms with Gasteiger partial charge in [-0.05, 0) is 30.2 Å². The summed E-state index contributed by atoms with van der Waals surface area (Å²) >= 11 is 1.09.